The number of ether oxygens (including phenoxy) is 6. The number of imidazole rings is 1. The maximum atomic E-state index is 12.0. The minimum absolute atomic E-state index is 0.0384. The van der Waals surface area contributed by atoms with Crippen LogP contribution in [0.25, 0.3) is 0 Å². The zero-order chi connectivity index (χ0) is 33.4. The van der Waals surface area contributed by atoms with Gasteiger partial charge in [0.05, 0.1) is 104 Å². The molecule has 2 saturated heterocycles. The molecule has 0 bridgehead atoms. The van der Waals surface area contributed by atoms with E-state index in [2.05, 4.69) is 31.2 Å². The number of hydrogen-bond donors (Lipinski definition) is 6. The van der Waals surface area contributed by atoms with Crippen LogP contribution >= 0.6 is 11.8 Å². The van der Waals surface area contributed by atoms with E-state index in [4.69, 9.17) is 34.2 Å². The van der Waals surface area contributed by atoms with E-state index >= 15 is 0 Å². The molecule has 0 aromatic carbocycles. The number of carbonyl (C=O) groups excluding carboxylic acids is 3. The van der Waals surface area contributed by atoms with Gasteiger partial charge in [0, 0.05) is 48.8 Å². The van der Waals surface area contributed by atoms with Crippen LogP contribution in [0.4, 0.5) is 4.79 Å². The molecule has 4 atom stereocenters. The molecule has 0 saturated carbocycles. The van der Waals surface area contributed by atoms with Crippen molar-refractivity contribution in [2.45, 2.75) is 55.5 Å². The maximum absolute atomic E-state index is 12.0. The predicted octanol–water partition coefficient (Wildman–Crippen LogP) is -0.663. The lowest BCUT2D eigenvalue weighted by Crippen LogP contribution is -2.43. The van der Waals surface area contributed by atoms with Crippen LogP contribution in [0.1, 0.15) is 31.4 Å². The lowest BCUT2D eigenvalue weighted by atomic mass is 10.0. The van der Waals surface area contributed by atoms with Gasteiger partial charge in [0.2, 0.25) is 11.8 Å². The summed E-state index contributed by atoms with van der Waals surface area (Å²) in [6.07, 6.45) is 6.92. The SMILES string of the molecule is NC(Cc1cnc[nH]1)C(=O)NCCOCCOCCOCCOCCOCCOCCNC(=O)CCCCC1SC[C@H]2NC(=O)N[C@@H]12. The summed E-state index contributed by atoms with van der Waals surface area (Å²) in [5.41, 5.74) is 6.68. The van der Waals surface area contributed by atoms with Gasteiger partial charge >= 0.3 is 6.03 Å². The fraction of sp³-hybridized carbons (Fsp3) is 0.800. The summed E-state index contributed by atoms with van der Waals surface area (Å²) in [6, 6.07) is -0.236. The quantitative estimate of drug-likeness (QED) is 0.0458. The topological polar surface area (TPSA) is 209 Å². The van der Waals surface area contributed by atoms with Gasteiger partial charge in [-0.2, -0.15) is 11.8 Å². The minimum atomic E-state index is -0.636. The fourth-order valence-corrected chi connectivity index (χ4v) is 6.47. The van der Waals surface area contributed by atoms with Crippen molar-refractivity contribution < 1.29 is 42.8 Å². The number of unbranched alkanes of at least 4 members (excludes halogenated alkanes) is 1. The molecule has 0 spiro atoms. The van der Waals surface area contributed by atoms with Crippen LogP contribution in [0.15, 0.2) is 12.5 Å². The molecular formula is C30H53N7O9S. The first kappa shape index (κ1) is 38.9. The molecule has 17 heteroatoms. The van der Waals surface area contributed by atoms with E-state index in [1.165, 1.54) is 0 Å². The Morgan fingerprint density at radius 1 is 0.851 bits per heavy atom. The number of aromatic nitrogens is 2. The van der Waals surface area contributed by atoms with E-state index in [1.807, 2.05) is 11.8 Å². The summed E-state index contributed by atoms with van der Waals surface area (Å²) in [4.78, 5) is 42.2. The number of H-pyrrole nitrogens is 1. The lowest BCUT2D eigenvalue weighted by Gasteiger charge is -2.16. The van der Waals surface area contributed by atoms with Crippen LogP contribution in [0.5, 0.6) is 0 Å². The molecular weight excluding hydrogens is 634 g/mol. The Balaban J connectivity index is 0.948. The van der Waals surface area contributed by atoms with Gasteiger partial charge in [-0.1, -0.05) is 6.42 Å². The number of nitrogens with one attached hydrogen (secondary N) is 5. The van der Waals surface area contributed by atoms with Crippen LogP contribution in [-0.2, 0) is 44.4 Å². The van der Waals surface area contributed by atoms with E-state index in [1.54, 1.807) is 12.5 Å². The first-order valence-electron chi connectivity index (χ1n) is 16.4. The average molecular weight is 688 g/mol. The highest BCUT2D eigenvalue weighted by Crippen LogP contribution is 2.33. The molecule has 16 nitrogen and oxygen atoms in total. The van der Waals surface area contributed by atoms with E-state index < -0.39 is 6.04 Å². The molecule has 2 unspecified atom stereocenters. The third-order valence-electron chi connectivity index (χ3n) is 7.39. The number of rotatable bonds is 29. The van der Waals surface area contributed by atoms with E-state index in [9.17, 15) is 14.4 Å². The zero-order valence-corrected chi connectivity index (χ0v) is 28.0. The molecule has 0 radical (unpaired) electrons. The monoisotopic (exact) mass is 687 g/mol. The second-order valence-corrected chi connectivity index (χ2v) is 12.3. The van der Waals surface area contributed by atoms with E-state index in [-0.39, 0.29) is 29.9 Å². The van der Waals surface area contributed by atoms with Crippen molar-refractivity contribution in [1.29, 1.82) is 0 Å². The highest BCUT2D eigenvalue weighted by atomic mass is 32.2. The van der Waals surface area contributed by atoms with Crippen molar-refractivity contribution in [1.82, 2.24) is 31.2 Å². The number of nitrogens with zero attached hydrogens (tertiary/aromatic N) is 1. The van der Waals surface area contributed by atoms with Gasteiger partial charge in [-0.25, -0.2) is 9.78 Å². The van der Waals surface area contributed by atoms with E-state index in [0.29, 0.717) is 110 Å². The Kier molecular flexibility index (Phi) is 20.4. The molecule has 2 aliphatic heterocycles. The molecule has 2 aliphatic rings. The molecule has 1 aromatic heterocycles. The van der Waals surface area contributed by atoms with Crippen LogP contribution in [-0.4, -0.2) is 149 Å². The van der Waals surface area contributed by atoms with Crippen molar-refractivity contribution in [2.75, 3.05) is 98.1 Å². The Labute approximate surface area is 281 Å². The fourth-order valence-electron chi connectivity index (χ4n) is 4.93. The summed E-state index contributed by atoms with van der Waals surface area (Å²) < 4.78 is 32.8. The molecule has 7 N–H and O–H groups in total. The van der Waals surface area contributed by atoms with Crippen molar-refractivity contribution in [3.63, 3.8) is 0 Å². The number of urea groups is 1. The smallest absolute Gasteiger partial charge is 0.315 e. The number of aromatic amines is 1. The van der Waals surface area contributed by atoms with E-state index in [0.717, 1.165) is 30.7 Å². The minimum Gasteiger partial charge on any atom is -0.377 e. The first-order chi connectivity index (χ1) is 23.0. The maximum Gasteiger partial charge on any atom is 0.315 e. The van der Waals surface area contributed by atoms with Gasteiger partial charge in [-0.05, 0) is 12.8 Å². The lowest BCUT2D eigenvalue weighted by molar-refractivity contribution is -0.123. The third kappa shape index (κ3) is 17.5. The molecule has 1 aromatic rings. The van der Waals surface area contributed by atoms with Gasteiger partial charge in [0.25, 0.3) is 0 Å². The van der Waals surface area contributed by atoms with Gasteiger partial charge < -0.3 is 60.4 Å². The Bertz CT molecular complexity index is 995. The number of hydrogen-bond acceptors (Lipinski definition) is 12. The van der Waals surface area contributed by atoms with Crippen LogP contribution in [0.2, 0.25) is 0 Å². The normalized spacial score (nSPS) is 19.3. The zero-order valence-electron chi connectivity index (χ0n) is 27.2. The highest BCUT2D eigenvalue weighted by Gasteiger charge is 2.42. The summed E-state index contributed by atoms with van der Waals surface area (Å²) in [7, 11) is 0. The summed E-state index contributed by atoms with van der Waals surface area (Å²) in [6.45, 7) is 6.23. The molecule has 4 amide bonds. The average Bonchev–Trinajstić information content (AvgIpc) is 3.80. The number of carbonyl (C=O) groups is 3. The van der Waals surface area contributed by atoms with Crippen LogP contribution in [0.3, 0.4) is 0 Å². The number of fused-ring (bicyclic) bond motifs is 1. The third-order valence-corrected chi connectivity index (χ3v) is 8.89. The number of thioether (sulfide) groups is 1. The second-order valence-electron chi connectivity index (χ2n) is 11.1. The van der Waals surface area contributed by atoms with Gasteiger partial charge in [-0.15, -0.1) is 0 Å². The Morgan fingerprint density at radius 3 is 2.00 bits per heavy atom. The summed E-state index contributed by atoms with van der Waals surface area (Å²) >= 11 is 1.90. The number of amides is 4. The van der Waals surface area contributed by atoms with Crippen molar-refractivity contribution in [3.8, 4) is 0 Å². The van der Waals surface area contributed by atoms with Gasteiger partial charge in [0.15, 0.2) is 0 Å². The second kappa shape index (κ2) is 24.6. The molecule has 268 valence electrons. The molecule has 0 aliphatic carbocycles. The van der Waals surface area contributed by atoms with Crippen molar-refractivity contribution >= 4 is 29.6 Å². The Morgan fingerprint density at radius 2 is 1.43 bits per heavy atom. The first-order valence-corrected chi connectivity index (χ1v) is 17.5. The summed E-state index contributed by atoms with van der Waals surface area (Å²) in [5, 5.41) is 12.0. The van der Waals surface area contributed by atoms with Gasteiger partial charge in [0.1, 0.15) is 0 Å². The Hall–Kier alpha value is -2.51. The van der Waals surface area contributed by atoms with Gasteiger partial charge in [-0.3, -0.25) is 9.59 Å². The predicted molar refractivity (Wildman–Crippen MR) is 175 cm³/mol. The number of nitrogens with two attached hydrogens (primary N) is 1. The van der Waals surface area contributed by atoms with Crippen LogP contribution in [0, 0.1) is 0 Å². The summed E-state index contributed by atoms with van der Waals surface area (Å²) in [5.74, 6) is 0.764. The highest BCUT2D eigenvalue weighted by molar-refractivity contribution is 8.00. The van der Waals surface area contributed by atoms with Crippen molar-refractivity contribution in [2.24, 2.45) is 5.73 Å². The molecule has 3 heterocycles. The largest absolute Gasteiger partial charge is 0.377 e. The van der Waals surface area contributed by atoms with Crippen LogP contribution < -0.4 is 27.0 Å². The van der Waals surface area contributed by atoms with Crippen molar-refractivity contribution in [3.05, 3.63) is 18.2 Å². The molecule has 3 rings (SSSR count). The standard InChI is InChI=1S/C30H53N7O9S/c31-24(19-23-20-32-22-35-23)29(39)34-6-8-42-10-12-44-14-16-46-18-17-45-15-13-43-11-9-41-7-5-33-27(38)4-2-1-3-26-28-25(21-47-26)36-30(40)37-28/h20,22,24-26,28H,1-19,21,31H2,(H,32,35)(H,33,38)(H,34,39)(H2,36,37,40)/t24?,25-,26?,28-/m1/s1. The molecule has 47 heavy (non-hydrogen) atoms. The molecule has 2 fully saturated rings.